The molecular weight excluding hydrogens is 454 g/mol. The Bertz CT molecular complexity index is 1010. The molecule has 0 unspecified atom stereocenters. The Morgan fingerprint density at radius 1 is 1.26 bits per heavy atom. The van der Waals surface area contributed by atoms with Crippen LogP contribution in [0.5, 0.6) is 0 Å². The number of nitrogens with two attached hydrogens (primary N) is 1. The number of hydrogen-bond donors (Lipinski definition) is 3. The number of aliphatic hydroxyl groups is 1. The molecule has 4 heterocycles. The smallest absolute Gasteiger partial charge is 0.409 e. The first-order chi connectivity index (χ1) is 16.4. The molecule has 0 aromatic carbocycles. The lowest BCUT2D eigenvalue weighted by Gasteiger charge is -2.31. The summed E-state index contributed by atoms with van der Waals surface area (Å²) in [4.78, 5) is 31.9. The third-order valence-electron chi connectivity index (χ3n) is 5.68. The number of amides is 1. The second-order valence-corrected chi connectivity index (χ2v) is 8.00. The standard InChI is InChI=1S/C20H26F2N8O4/c21-2-6-34-19(32)30-3-1-20(11-30,12-31)28-16-14(22)15(13-9-24-17(23)25-10-13)26-18(27-16)29-4-7-33-8-5-29/h9-10,31H,1-8,11-12H2,(H2,23,24,25)(H,26,27,28)/t20-/m0/s1. The Kier molecular flexibility index (Phi) is 7.17. The van der Waals surface area contributed by atoms with Gasteiger partial charge in [-0.25, -0.2) is 28.5 Å². The quantitative estimate of drug-likeness (QED) is 0.506. The van der Waals surface area contributed by atoms with Crippen LogP contribution in [-0.2, 0) is 9.47 Å². The van der Waals surface area contributed by atoms with Gasteiger partial charge in [-0.1, -0.05) is 0 Å². The lowest BCUT2D eigenvalue weighted by atomic mass is 10.00. The third kappa shape index (κ3) is 5.07. The third-order valence-corrected chi connectivity index (χ3v) is 5.68. The minimum Gasteiger partial charge on any atom is -0.447 e. The van der Waals surface area contributed by atoms with Gasteiger partial charge in [0.05, 0.1) is 25.4 Å². The van der Waals surface area contributed by atoms with E-state index in [1.807, 2.05) is 4.90 Å². The second-order valence-electron chi connectivity index (χ2n) is 8.00. The molecule has 34 heavy (non-hydrogen) atoms. The van der Waals surface area contributed by atoms with E-state index in [0.717, 1.165) is 0 Å². The molecule has 0 bridgehead atoms. The molecule has 2 aromatic heterocycles. The number of carbonyl (C=O) groups is 1. The highest BCUT2D eigenvalue weighted by Crippen LogP contribution is 2.32. The van der Waals surface area contributed by atoms with E-state index >= 15 is 4.39 Å². The number of carbonyl (C=O) groups excluding carboxylic acids is 1. The van der Waals surface area contributed by atoms with Crippen LogP contribution in [0, 0.1) is 5.82 Å². The van der Waals surface area contributed by atoms with E-state index in [4.69, 9.17) is 15.2 Å². The molecule has 14 heteroatoms. The summed E-state index contributed by atoms with van der Waals surface area (Å²) in [7, 11) is 0. The van der Waals surface area contributed by atoms with Crippen LogP contribution in [0.2, 0.25) is 0 Å². The maximum absolute atomic E-state index is 15.6. The van der Waals surface area contributed by atoms with E-state index < -0.39 is 30.7 Å². The van der Waals surface area contributed by atoms with Crippen LogP contribution in [0.25, 0.3) is 11.3 Å². The molecule has 2 aliphatic heterocycles. The monoisotopic (exact) mass is 480 g/mol. The number of alkyl halides is 1. The fourth-order valence-corrected chi connectivity index (χ4v) is 3.84. The van der Waals surface area contributed by atoms with Crippen LogP contribution < -0.4 is 16.0 Å². The highest BCUT2D eigenvalue weighted by atomic mass is 19.1. The van der Waals surface area contributed by atoms with Crippen molar-refractivity contribution in [3.8, 4) is 11.3 Å². The number of ether oxygens (including phenoxy) is 2. The van der Waals surface area contributed by atoms with Crippen LogP contribution in [0.1, 0.15) is 6.42 Å². The fourth-order valence-electron chi connectivity index (χ4n) is 3.84. The molecule has 2 aliphatic rings. The van der Waals surface area contributed by atoms with Crippen molar-refractivity contribution in [2.75, 3.05) is 75.2 Å². The van der Waals surface area contributed by atoms with Crippen LogP contribution in [-0.4, -0.2) is 101 Å². The molecule has 2 fully saturated rings. The predicted molar refractivity (Wildman–Crippen MR) is 117 cm³/mol. The molecule has 1 amide bonds. The average Bonchev–Trinajstić information content (AvgIpc) is 3.29. The molecule has 0 saturated carbocycles. The zero-order valence-electron chi connectivity index (χ0n) is 18.4. The van der Waals surface area contributed by atoms with Gasteiger partial charge in [-0.2, -0.15) is 4.98 Å². The first kappa shape index (κ1) is 23.8. The topological polar surface area (TPSA) is 152 Å². The van der Waals surface area contributed by atoms with Gasteiger partial charge in [0.2, 0.25) is 11.9 Å². The zero-order valence-corrected chi connectivity index (χ0v) is 18.4. The minimum atomic E-state index is -1.08. The number of hydrogen-bond acceptors (Lipinski definition) is 11. The maximum atomic E-state index is 15.6. The Morgan fingerprint density at radius 3 is 2.68 bits per heavy atom. The van der Waals surface area contributed by atoms with Crippen molar-refractivity contribution >= 4 is 23.8 Å². The van der Waals surface area contributed by atoms with Crippen molar-refractivity contribution in [3.63, 3.8) is 0 Å². The van der Waals surface area contributed by atoms with Crippen LogP contribution in [0.15, 0.2) is 12.4 Å². The van der Waals surface area contributed by atoms with Gasteiger partial charge in [-0.05, 0) is 6.42 Å². The molecular formula is C20H26F2N8O4. The molecule has 12 nitrogen and oxygen atoms in total. The number of nitrogens with zero attached hydrogens (tertiary/aromatic N) is 6. The first-order valence-electron chi connectivity index (χ1n) is 10.8. The Balaban J connectivity index is 1.66. The summed E-state index contributed by atoms with van der Waals surface area (Å²) >= 11 is 0. The first-order valence-corrected chi connectivity index (χ1v) is 10.8. The minimum absolute atomic E-state index is 0.0191. The second kappa shape index (κ2) is 10.3. The van der Waals surface area contributed by atoms with E-state index in [1.165, 1.54) is 17.3 Å². The van der Waals surface area contributed by atoms with Gasteiger partial charge >= 0.3 is 6.09 Å². The van der Waals surface area contributed by atoms with Crippen LogP contribution in [0.4, 0.5) is 31.3 Å². The van der Waals surface area contributed by atoms with E-state index in [9.17, 15) is 14.3 Å². The lowest BCUT2D eigenvalue weighted by molar-refractivity contribution is 0.101. The van der Waals surface area contributed by atoms with E-state index in [1.54, 1.807) is 0 Å². The van der Waals surface area contributed by atoms with Gasteiger partial charge in [-0.15, -0.1) is 0 Å². The number of aliphatic hydroxyl groups excluding tert-OH is 1. The van der Waals surface area contributed by atoms with Gasteiger partial charge < -0.3 is 35.4 Å². The summed E-state index contributed by atoms with van der Waals surface area (Å²) < 4.78 is 38.2. The summed E-state index contributed by atoms with van der Waals surface area (Å²) in [6.07, 6.45) is 2.32. The van der Waals surface area contributed by atoms with E-state index in [2.05, 4.69) is 25.3 Å². The van der Waals surface area contributed by atoms with Crippen molar-refractivity contribution in [2.45, 2.75) is 12.0 Å². The highest BCUT2D eigenvalue weighted by molar-refractivity contribution is 5.69. The number of nitrogens with one attached hydrogen (secondary N) is 1. The molecule has 4 N–H and O–H groups in total. The van der Waals surface area contributed by atoms with Gasteiger partial charge in [-0.3, -0.25) is 0 Å². The average molecular weight is 480 g/mol. The molecule has 0 aliphatic carbocycles. The summed E-state index contributed by atoms with van der Waals surface area (Å²) in [6, 6.07) is 0. The number of halogens is 2. The van der Waals surface area contributed by atoms with Gasteiger partial charge in [0.1, 0.15) is 19.0 Å². The lowest BCUT2D eigenvalue weighted by Crippen LogP contribution is -2.46. The molecule has 4 rings (SSSR count). The van der Waals surface area contributed by atoms with Crippen molar-refractivity contribution < 1.29 is 28.2 Å². The maximum Gasteiger partial charge on any atom is 0.409 e. The number of nitrogen functional groups attached to an aromatic ring is 1. The van der Waals surface area contributed by atoms with Crippen LogP contribution in [0.3, 0.4) is 0 Å². The molecule has 184 valence electrons. The molecule has 0 radical (unpaired) electrons. The fraction of sp³-hybridized carbons (Fsp3) is 0.550. The summed E-state index contributed by atoms with van der Waals surface area (Å²) in [6.45, 7) is 0.676. The summed E-state index contributed by atoms with van der Waals surface area (Å²) in [5.74, 6) is -0.604. The van der Waals surface area contributed by atoms with Gasteiger partial charge in [0.15, 0.2) is 11.6 Å². The number of anilines is 3. The molecule has 1 atom stereocenters. The predicted octanol–water partition coefficient (Wildman–Crippen LogP) is 0.446. The molecule has 2 aromatic rings. The zero-order chi connectivity index (χ0) is 24.1. The number of aromatic nitrogens is 4. The number of likely N-dealkylation sites (tertiary alicyclic amines) is 1. The Labute approximate surface area is 194 Å². The Hall–Kier alpha value is -3.39. The number of morpholine rings is 1. The van der Waals surface area contributed by atoms with Gasteiger partial charge in [0.25, 0.3) is 0 Å². The van der Waals surface area contributed by atoms with Crippen molar-refractivity contribution in [1.29, 1.82) is 0 Å². The number of rotatable bonds is 7. The molecule has 0 spiro atoms. The molecule has 2 saturated heterocycles. The van der Waals surface area contributed by atoms with Gasteiger partial charge in [0, 0.05) is 44.1 Å². The summed E-state index contributed by atoms with van der Waals surface area (Å²) in [5.41, 5.74) is 4.74. The van der Waals surface area contributed by atoms with Crippen molar-refractivity contribution in [1.82, 2.24) is 24.8 Å². The van der Waals surface area contributed by atoms with Crippen LogP contribution >= 0.6 is 0 Å². The van der Waals surface area contributed by atoms with Crippen molar-refractivity contribution in [2.24, 2.45) is 0 Å². The van der Waals surface area contributed by atoms with E-state index in [0.29, 0.717) is 38.3 Å². The van der Waals surface area contributed by atoms with Crippen molar-refractivity contribution in [3.05, 3.63) is 18.2 Å². The Morgan fingerprint density at radius 2 is 2.00 bits per heavy atom. The van der Waals surface area contributed by atoms with E-state index in [-0.39, 0.29) is 43.1 Å². The highest BCUT2D eigenvalue weighted by Gasteiger charge is 2.41. The largest absolute Gasteiger partial charge is 0.447 e. The summed E-state index contributed by atoms with van der Waals surface area (Å²) in [5, 5.41) is 13.1. The normalized spacial score (nSPS) is 20.4. The SMILES string of the molecule is Nc1ncc(-c2nc(N3CCOCC3)nc(N[C@@]3(CO)CCN(C(=O)OCCF)C3)c2F)cn1.